The third kappa shape index (κ3) is 4.17. The maximum absolute atomic E-state index is 12.4. The Morgan fingerprint density at radius 2 is 2.12 bits per heavy atom. The summed E-state index contributed by atoms with van der Waals surface area (Å²) in [5.74, 6) is -0.469. The summed E-state index contributed by atoms with van der Waals surface area (Å²) in [6, 6.07) is 5.21. The number of anilines is 1. The number of carbonyl (C=O) groups excluding carboxylic acids is 2. The van der Waals surface area contributed by atoms with Crippen LogP contribution in [-0.4, -0.2) is 49.4 Å². The minimum absolute atomic E-state index is 0.153. The normalized spacial score (nSPS) is 10.8. The molecule has 0 bridgehead atoms. The molecule has 0 radical (unpaired) electrons. The van der Waals surface area contributed by atoms with Gasteiger partial charge in [0.15, 0.2) is 4.34 Å². The van der Waals surface area contributed by atoms with Crippen molar-refractivity contribution in [3.05, 3.63) is 23.8 Å². The fourth-order valence-corrected chi connectivity index (χ4v) is 3.70. The van der Waals surface area contributed by atoms with Crippen molar-refractivity contribution >= 4 is 51.1 Å². The number of fused-ring (bicyclic) bond motifs is 1. The van der Waals surface area contributed by atoms with Gasteiger partial charge in [-0.15, -0.1) is 15.3 Å². The smallest absolute Gasteiger partial charge is 0.316 e. The van der Waals surface area contributed by atoms with Gasteiger partial charge in [-0.1, -0.05) is 28.3 Å². The van der Waals surface area contributed by atoms with Crippen LogP contribution in [0.3, 0.4) is 0 Å². The van der Waals surface area contributed by atoms with E-state index in [2.05, 4.69) is 25.8 Å². The zero-order valence-corrected chi connectivity index (χ0v) is 15.8. The van der Waals surface area contributed by atoms with Gasteiger partial charge >= 0.3 is 5.97 Å². The molecule has 0 atom stereocenters. The number of benzene rings is 1. The molecular formula is C15H16N6O3S2. The molecule has 136 valence electrons. The van der Waals surface area contributed by atoms with Crippen LogP contribution in [0.25, 0.3) is 11.0 Å². The van der Waals surface area contributed by atoms with Gasteiger partial charge in [0.1, 0.15) is 5.52 Å². The maximum Gasteiger partial charge on any atom is 0.316 e. The molecule has 3 rings (SSSR count). The van der Waals surface area contributed by atoms with Gasteiger partial charge in [-0.3, -0.25) is 14.9 Å². The van der Waals surface area contributed by atoms with Crippen LogP contribution < -0.4 is 5.32 Å². The molecule has 2 aromatic heterocycles. The van der Waals surface area contributed by atoms with E-state index in [4.69, 9.17) is 4.74 Å². The zero-order chi connectivity index (χ0) is 18.5. The third-order valence-corrected chi connectivity index (χ3v) is 5.27. The lowest BCUT2D eigenvalue weighted by Gasteiger charge is -2.01. The highest BCUT2D eigenvalue weighted by Crippen LogP contribution is 2.26. The number of carbonyl (C=O) groups is 2. The standard InChI is InChI=1S/C15H16N6O3S2/c1-3-21-11-6-5-9(7-10(11)17-20-21)13(23)16-14-18-19-15(26-14)25-8-12(22)24-4-2/h5-7H,3-4,8H2,1-2H3,(H,16,18,23). The minimum Gasteiger partial charge on any atom is -0.465 e. The molecular weight excluding hydrogens is 376 g/mol. The first-order chi connectivity index (χ1) is 12.6. The molecule has 0 aliphatic heterocycles. The Morgan fingerprint density at radius 1 is 1.27 bits per heavy atom. The highest BCUT2D eigenvalue weighted by Gasteiger charge is 2.14. The van der Waals surface area contributed by atoms with Gasteiger partial charge in [-0.2, -0.15) is 0 Å². The summed E-state index contributed by atoms with van der Waals surface area (Å²) in [5, 5.41) is 19.0. The van der Waals surface area contributed by atoms with Gasteiger partial charge in [0.2, 0.25) is 5.13 Å². The lowest BCUT2D eigenvalue weighted by molar-refractivity contribution is -0.139. The summed E-state index contributed by atoms with van der Waals surface area (Å²) in [5.41, 5.74) is 1.98. The molecule has 11 heteroatoms. The highest BCUT2D eigenvalue weighted by atomic mass is 32.2. The zero-order valence-electron chi connectivity index (χ0n) is 14.1. The number of esters is 1. The van der Waals surface area contributed by atoms with Gasteiger partial charge < -0.3 is 4.74 Å². The average Bonchev–Trinajstić information content (AvgIpc) is 3.26. The molecule has 1 amide bonds. The van der Waals surface area contributed by atoms with Crippen molar-refractivity contribution in [1.29, 1.82) is 0 Å². The molecule has 1 aromatic carbocycles. The summed E-state index contributed by atoms with van der Waals surface area (Å²) < 4.78 is 7.19. The van der Waals surface area contributed by atoms with Crippen LogP contribution in [0.2, 0.25) is 0 Å². The molecule has 9 nitrogen and oxygen atoms in total. The second-order valence-electron chi connectivity index (χ2n) is 5.03. The first-order valence-corrected chi connectivity index (χ1v) is 9.67. The predicted octanol–water partition coefficient (Wildman–Crippen LogP) is 2.21. The van der Waals surface area contributed by atoms with Crippen LogP contribution in [0.5, 0.6) is 0 Å². The van der Waals surface area contributed by atoms with E-state index in [0.717, 1.165) is 5.52 Å². The van der Waals surface area contributed by atoms with E-state index < -0.39 is 0 Å². The molecule has 26 heavy (non-hydrogen) atoms. The summed E-state index contributed by atoms with van der Waals surface area (Å²) in [4.78, 5) is 23.7. The van der Waals surface area contributed by atoms with Crippen molar-refractivity contribution in [2.45, 2.75) is 24.7 Å². The molecule has 0 fully saturated rings. The van der Waals surface area contributed by atoms with Gasteiger partial charge in [0, 0.05) is 12.1 Å². The van der Waals surface area contributed by atoms with E-state index in [1.165, 1.54) is 23.1 Å². The fraction of sp³-hybridized carbons (Fsp3) is 0.333. The highest BCUT2D eigenvalue weighted by molar-refractivity contribution is 8.01. The molecule has 0 saturated carbocycles. The van der Waals surface area contributed by atoms with Crippen molar-refractivity contribution < 1.29 is 14.3 Å². The lowest BCUT2D eigenvalue weighted by atomic mass is 10.2. The lowest BCUT2D eigenvalue weighted by Crippen LogP contribution is -2.11. The largest absolute Gasteiger partial charge is 0.465 e. The molecule has 3 aromatic rings. The Kier molecular flexibility index (Phi) is 5.78. The van der Waals surface area contributed by atoms with Crippen LogP contribution in [0, 0.1) is 0 Å². The van der Waals surface area contributed by atoms with Crippen molar-refractivity contribution in [2.75, 3.05) is 17.7 Å². The number of aromatic nitrogens is 5. The van der Waals surface area contributed by atoms with Crippen LogP contribution in [-0.2, 0) is 16.1 Å². The van der Waals surface area contributed by atoms with E-state index in [9.17, 15) is 9.59 Å². The summed E-state index contributed by atoms with van der Waals surface area (Å²) in [6.07, 6.45) is 0. The van der Waals surface area contributed by atoms with E-state index >= 15 is 0 Å². The van der Waals surface area contributed by atoms with Crippen molar-refractivity contribution in [2.24, 2.45) is 0 Å². The Hall–Kier alpha value is -2.53. The Bertz CT molecular complexity index is 939. The topological polar surface area (TPSA) is 112 Å². The Labute approximate surface area is 157 Å². The number of nitrogens with zero attached hydrogens (tertiary/aromatic N) is 5. The van der Waals surface area contributed by atoms with Gasteiger partial charge in [0.25, 0.3) is 5.91 Å². The molecule has 0 aliphatic rings. The number of nitrogens with one attached hydrogen (secondary N) is 1. The number of ether oxygens (including phenoxy) is 1. The second-order valence-corrected chi connectivity index (χ2v) is 7.23. The second kappa shape index (κ2) is 8.23. The van der Waals surface area contributed by atoms with E-state index in [1.54, 1.807) is 23.7 Å². The van der Waals surface area contributed by atoms with Crippen molar-refractivity contribution in [1.82, 2.24) is 25.2 Å². The average molecular weight is 392 g/mol. The monoisotopic (exact) mass is 392 g/mol. The quantitative estimate of drug-likeness (QED) is 0.370. The number of rotatable bonds is 7. The molecule has 0 spiro atoms. The van der Waals surface area contributed by atoms with Crippen LogP contribution in [0.4, 0.5) is 5.13 Å². The van der Waals surface area contributed by atoms with Gasteiger partial charge in [0.05, 0.1) is 17.9 Å². The maximum atomic E-state index is 12.4. The molecule has 0 unspecified atom stereocenters. The van der Waals surface area contributed by atoms with Crippen LogP contribution in [0.15, 0.2) is 22.5 Å². The van der Waals surface area contributed by atoms with E-state index in [-0.39, 0.29) is 17.6 Å². The molecule has 0 saturated heterocycles. The Balaban J connectivity index is 1.64. The SMILES string of the molecule is CCOC(=O)CSc1nnc(NC(=O)c2ccc3c(c2)nnn3CC)s1. The number of amides is 1. The number of hydrogen-bond acceptors (Lipinski definition) is 9. The summed E-state index contributed by atoms with van der Waals surface area (Å²) in [7, 11) is 0. The molecule has 0 aliphatic carbocycles. The number of hydrogen-bond donors (Lipinski definition) is 1. The predicted molar refractivity (Wildman–Crippen MR) is 98.4 cm³/mol. The first-order valence-electron chi connectivity index (χ1n) is 7.87. The number of thioether (sulfide) groups is 1. The minimum atomic E-state index is -0.313. The molecule has 1 N–H and O–H groups in total. The van der Waals surface area contributed by atoms with E-state index in [0.29, 0.717) is 33.7 Å². The van der Waals surface area contributed by atoms with Gasteiger partial charge in [-0.05, 0) is 32.0 Å². The van der Waals surface area contributed by atoms with Crippen molar-refractivity contribution in [3.63, 3.8) is 0 Å². The first kappa shape index (κ1) is 18.3. The van der Waals surface area contributed by atoms with Crippen molar-refractivity contribution in [3.8, 4) is 0 Å². The Morgan fingerprint density at radius 3 is 2.88 bits per heavy atom. The summed E-state index contributed by atoms with van der Waals surface area (Å²) >= 11 is 2.41. The van der Waals surface area contributed by atoms with Gasteiger partial charge in [-0.25, -0.2) is 4.68 Å². The number of aryl methyl sites for hydroxylation is 1. The van der Waals surface area contributed by atoms with E-state index in [1.807, 2.05) is 13.0 Å². The fourth-order valence-electron chi connectivity index (χ4n) is 2.16. The summed E-state index contributed by atoms with van der Waals surface area (Å²) in [6.45, 7) is 4.77. The third-order valence-electron chi connectivity index (χ3n) is 3.32. The molecule has 2 heterocycles. The van der Waals surface area contributed by atoms with Crippen LogP contribution >= 0.6 is 23.1 Å². The van der Waals surface area contributed by atoms with Crippen LogP contribution in [0.1, 0.15) is 24.2 Å².